The second-order valence-electron chi connectivity index (χ2n) is 7.74. The first-order chi connectivity index (χ1) is 14.0. The number of nitrogens with zero attached hydrogens (tertiary/aromatic N) is 2. The molecule has 0 bridgehead atoms. The molecule has 1 aromatic carbocycles. The molecule has 0 spiro atoms. The molecule has 1 aliphatic heterocycles. The molecule has 0 radical (unpaired) electrons. The van der Waals surface area contributed by atoms with Crippen LogP contribution in [0.3, 0.4) is 0 Å². The second kappa shape index (κ2) is 6.62. The summed E-state index contributed by atoms with van der Waals surface area (Å²) in [6.07, 6.45) is 0.809. The molecule has 0 unspecified atom stereocenters. The smallest absolute Gasteiger partial charge is 0.258 e. The van der Waals surface area contributed by atoms with Crippen LogP contribution in [-0.4, -0.2) is 27.3 Å². The molecule has 4 aromatic rings. The third kappa shape index (κ3) is 2.85. The molecule has 146 valence electrons. The van der Waals surface area contributed by atoms with Crippen molar-refractivity contribution < 1.29 is 9.21 Å². The summed E-state index contributed by atoms with van der Waals surface area (Å²) < 4.78 is 5.63. The van der Waals surface area contributed by atoms with Gasteiger partial charge in [-0.2, -0.15) is 0 Å². The monoisotopic (exact) mass is 385 g/mol. The predicted molar refractivity (Wildman–Crippen MR) is 112 cm³/mol. The number of fused-ring (bicyclic) bond motifs is 3. The summed E-state index contributed by atoms with van der Waals surface area (Å²) in [7, 11) is 0. The van der Waals surface area contributed by atoms with E-state index in [1.807, 2.05) is 56.0 Å². The summed E-state index contributed by atoms with van der Waals surface area (Å²) in [5.74, 6) is 1.39. The van der Waals surface area contributed by atoms with E-state index in [1.54, 1.807) is 0 Å². The number of rotatable bonds is 2. The molecule has 0 aliphatic carbocycles. The Morgan fingerprint density at radius 1 is 1.14 bits per heavy atom. The maximum atomic E-state index is 13.6. The van der Waals surface area contributed by atoms with Crippen molar-refractivity contribution >= 4 is 16.8 Å². The van der Waals surface area contributed by atoms with Gasteiger partial charge in [0, 0.05) is 28.8 Å². The minimum absolute atomic E-state index is 0.0167. The van der Waals surface area contributed by atoms with E-state index in [4.69, 9.17) is 9.40 Å². The fourth-order valence-corrected chi connectivity index (χ4v) is 4.48. The first kappa shape index (κ1) is 17.7. The van der Waals surface area contributed by atoms with E-state index >= 15 is 0 Å². The van der Waals surface area contributed by atoms with E-state index in [9.17, 15) is 4.79 Å². The van der Waals surface area contributed by atoms with Crippen LogP contribution in [-0.2, 0) is 6.42 Å². The lowest BCUT2D eigenvalue weighted by Gasteiger charge is -2.35. The number of para-hydroxylation sites is 1. The normalized spacial score (nSPS) is 16.2. The lowest BCUT2D eigenvalue weighted by Crippen LogP contribution is -2.41. The molecule has 5 nitrogen and oxygen atoms in total. The first-order valence-corrected chi connectivity index (χ1v) is 9.94. The van der Waals surface area contributed by atoms with E-state index < -0.39 is 0 Å². The van der Waals surface area contributed by atoms with Crippen molar-refractivity contribution in [1.82, 2.24) is 14.9 Å². The Hall–Kier alpha value is -3.34. The van der Waals surface area contributed by atoms with E-state index in [2.05, 4.69) is 23.2 Å². The summed E-state index contributed by atoms with van der Waals surface area (Å²) in [5, 5.41) is 1.22. The van der Waals surface area contributed by atoms with Gasteiger partial charge in [-0.15, -0.1) is 0 Å². The Morgan fingerprint density at radius 2 is 1.97 bits per heavy atom. The van der Waals surface area contributed by atoms with E-state index in [-0.39, 0.29) is 11.9 Å². The fourth-order valence-electron chi connectivity index (χ4n) is 4.48. The zero-order valence-corrected chi connectivity index (χ0v) is 16.8. The van der Waals surface area contributed by atoms with Gasteiger partial charge in [0.2, 0.25) is 0 Å². The van der Waals surface area contributed by atoms with Crippen molar-refractivity contribution in [2.45, 2.75) is 33.2 Å². The van der Waals surface area contributed by atoms with Crippen LogP contribution < -0.4 is 0 Å². The molecule has 0 fully saturated rings. The molecule has 5 heteroatoms. The molecule has 0 saturated heterocycles. The predicted octanol–water partition coefficient (Wildman–Crippen LogP) is 4.87. The molecular weight excluding hydrogens is 362 g/mol. The van der Waals surface area contributed by atoms with Crippen molar-refractivity contribution in [2.24, 2.45) is 0 Å². The van der Waals surface area contributed by atoms with Crippen LogP contribution in [0, 0.1) is 20.8 Å². The molecule has 5 rings (SSSR count). The summed E-state index contributed by atoms with van der Waals surface area (Å²) in [4.78, 5) is 23.8. The third-order valence-corrected chi connectivity index (χ3v) is 5.76. The van der Waals surface area contributed by atoms with Gasteiger partial charge in [0.1, 0.15) is 17.6 Å². The van der Waals surface area contributed by atoms with Crippen LogP contribution in [0.25, 0.3) is 10.9 Å². The second-order valence-corrected chi connectivity index (χ2v) is 7.74. The van der Waals surface area contributed by atoms with Crippen molar-refractivity contribution in [1.29, 1.82) is 0 Å². The number of nitrogens with one attached hydrogen (secondary N) is 1. The van der Waals surface area contributed by atoms with Crippen molar-refractivity contribution in [2.75, 3.05) is 6.54 Å². The highest BCUT2D eigenvalue weighted by Gasteiger charge is 2.36. The minimum Gasteiger partial charge on any atom is -0.466 e. The van der Waals surface area contributed by atoms with Gasteiger partial charge in [0.05, 0.1) is 11.3 Å². The zero-order chi connectivity index (χ0) is 20.1. The number of aryl methyl sites for hydroxylation is 3. The SMILES string of the molecule is Cc1cccc([C@H]2c3[nH]c4ccccc4c3CCN2C(=O)c2cc(C)oc2C)n1. The summed E-state index contributed by atoms with van der Waals surface area (Å²) in [6, 6.07) is 15.9. The van der Waals surface area contributed by atoms with Gasteiger partial charge in [0.15, 0.2) is 0 Å². The highest BCUT2D eigenvalue weighted by Crippen LogP contribution is 2.38. The average Bonchev–Trinajstić information content (AvgIpc) is 3.25. The largest absolute Gasteiger partial charge is 0.466 e. The lowest BCUT2D eigenvalue weighted by atomic mass is 9.94. The van der Waals surface area contributed by atoms with Crippen LogP contribution >= 0.6 is 0 Å². The average molecular weight is 385 g/mol. The lowest BCUT2D eigenvalue weighted by molar-refractivity contribution is 0.0686. The van der Waals surface area contributed by atoms with Gasteiger partial charge >= 0.3 is 0 Å². The van der Waals surface area contributed by atoms with Crippen LogP contribution in [0.15, 0.2) is 52.9 Å². The van der Waals surface area contributed by atoms with Crippen LogP contribution in [0.5, 0.6) is 0 Å². The Bertz CT molecular complexity index is 1230. The van der Waals surface area contributed by atoms with Crippen molar-refractivity contribution in [3.8, 4) is 0 Å². The van der Waals surface area contributed by atoms with Gasteiger partial charge < -0.3 is 14.3 Å². The van der Waals surface area contributed by atoms with Crippen LogP contribution in [0.1, 0.15) is 50.6 Å². The van der Waals surface area contributed by atoms with Gasteiger partial charge in [0.25, 0.3) is 5.91 Å². The number of carbonyl (C=O) groups excluding carboxylic acids is 1. The molecule has 1 atom stereocenters. The molecule has 29 heavy (non-hydrogen) atoms. The van der Waals surface area contributed by atoms with Gasteiger partial charge in [-0.05, 0) is 57.0 Å². The molecule has 1 amide bonds. The number of amides is 1. The van der Waals surface area contributed by atoms with Crippen LogP contribution in [0.2, 0.25) is 0 Å². The Balaban J connectivity index is 1.69. The number of hydrogen-bond acceptors (Lipinski definition) is 3. The van der Waals surface area contributed by atoms with Gasteiger partial charge in [-0.25, -0.2) is 0 Å². The van der Waals surface area contributed by atoms with Gasteiger partial charge in [-0.3, -0.25) is 9.78 Å². The molecular formula is C24H23N3O2. The van der Waals surface area contributed by atoms with Gasteiger partial charge in [-0.1, -0.05) is 24.3 Å². The van der Waals surface area contributed by atoms with E-state index in [0.29, 0.717) is 17.9 Å². The Labute approximate surface area is 169 Å². The molecule has 4 heterocycles. The van der Waals surface area contributed by atoms with E-state index in [1.165, 1.54) is 10.9 Å². The van der Waals surface area contributed by atoms with Crippen LogP contribution in [0.4, 0.5) is 0 Å². The number of hydrogen-bond donors (Lipinski definition) is 1. The first-order valence-electron chi connectivity index (χ1n) is 9.94. The quantitative estimate of drug-likeness (QED) is 0.535. The number of aromatic nitrogens is 2. The fraction of sp³-hybridized carbons (Fsp3) is 0.250. The molecule has 3 aromatic heterocycles. The minimum atomic E-state index is -0.256. The highest BCUT2D eigenvalue weighted by atomic mass is 16.3. The number of benzene rings is 1. The van der Waals surface area contributed by atoms with Crippen molar-refractivity contribution in [3.05, 3.63) is 88.3 Å². The van der Waals surface area contributed by atoms with E-state index in [0.717, 1.165) is 34.8 Å². The Morgan fingerprint density at radius 3 is 2.72 bits per heavy atom. The topological polar surface area (TPSA) is 62.1 Å². The summed E-state index contributed by atoms with van der Waals surface area (Å²) in [5.41, 5.74) is 5.87. The summed E-state index contributed by atoms with van der Waals surface area (Å²) in [6.45, 7) is 6.33. The number of carbonyl (C=O) groups is 1. The highest BCUT2D eigenvalue weighted by molar-refractivity contribution is 5.96. The standard InChI is InChI=1S/C24H23N3O2/c1-14-7-6-10-21(25-14)23-22-18(17-8-4-5-9-20(17)26-22)11-12-27(23)24(28)19-13-15(2)29-16(19)3/h4-10,13,23,26H,11-12H2,1-3H3/t23-/m0/s1. The maximum absolute atomic E-state index is 13.6. The molecule has 1 aliphatic rings. The number of H-pyrrole nitrogens is 1. The summed E-state index contributed by atoms with van der Waals surface area (Å²) >= 11 is 0. The maximum Gasteiger partial charge on any atom is 0.258 e. The number of furan rings is 1. The zero-order valence-electron chi connectivity index (χ0n) is 16.8. The molecule has 0 saturated carbocycles. The van der Waals surface area contributed by atoms with Crippen molar-refractivity contribution in [3.63, 3.8) is 0 Å². The Kier molecular flexibility index (Phi) is 4.05. The number of pyridine rings is 1. The number of aromatic amines is 1. The molecule has 1 N–H and O–H groups in total. The third-order valence-electron chi connectivity index (χ3n) is 5.76.